The van der Waals surface area contributed by atoms with Crippen LogP contribution in [0.5, 0.6) is 0 Å². The molecule has 1 N–H and O–H groups in total. The lowest BCUT2D eigenvalue weighted by Crippen LogP contribution is -2.19. The van der Waals surface area contributed by atoms with Crippen LogP contribution in [0.2, 0.25) is 0 Å². The number of carbonyl (C=O) groups excluding carboxylic acids is 1. The number of ether oxygens (including phenoxy) is 2. The minimum absolute atomic E-state index is 0.175. The summed E-state index contributed by atoms with van der Waals surface area (Å²) in [6, 6.07) is 9.55. The van der Waals surface area contributed by atoms with Gasteiger partial charge in [-0.05, 0) is 18.1 Å². The van der Waals surface area contributed by atoms with Crippen LogP contribution in [-0.4, -0.2) is 32.3 Å². The molecule has 0 spiro atoms. The first-order chi connectivity index (χ1) is 8.68. The number of benzene rings is 1. The molecular formula is C14H21NO3. The summed E-state index contributed by atoms with van der Waals surface area (Å²) in [5.74, 6) is 0.229. The van der Waals surface area contributed by atoms with Crippen molar-refractivity contribution < 1.29 is 14.3 Å². The maximum absolute atomic E-state index is 11.4. The molecule has 0 aliphatic heterocycles. The zero-order valence-electron chi connectivity index (χ0n) is 11.0. The first-order valence-electron chi connectivity index (χ1n) is 6.21. The summed E-state index contributed by atoms with van der Waals surface area (Å²) in [4.78, 5) is 11.4. The van der Waals surface area contributed by atoms with Crippen molar-refractivity contribution >= 4 is 11.7 Å². The largest absolute Gasteiger partial charge is 0.462 e. The van der Waals surface area contributed by atoms with E-state index in [1.54, 1.807) is 0 Å². The summed E-state index contributed by atoms with van der Waals surface area (Å²) in [5, 5.41) is 2.99. The van der Waals surface area contributed by atoms with Crippen molar-refractivity contribution in [3.63, 3.8) is 0 Å². The van der Waals surface area contributed by atoms with Gasteiger partial charge in [-0.1, -0.05) is 32.0 Å². The average Bonchev–Trinajstić information content (AvgIpc) is 2.37. The minimum Gasteiger partial charge on any atom is -0.462 e. The number of hydrogen-bond acceptors (Lipinski definition) is 4. The summed E-state index contributed by atoms with van der Waals surface area (Å²) < 4.78 is 10.3. The van der Waals surface area contributed by atoms with Gasteiger partial charge in [-0.2, -0.15) is 0 Å². The fourth-order valence-corrected chi connectivity index (χ4v) is 1.31. The molecule has 0 atom stereocenters. The maximum atomic E-state index is 11.4. The molecule has 0 saturated carbocycles. The Morgan fingerprint density at radius 3 is 2.61 bits per heavy atom. The van der Waals surface area contributed by atoms with Gasteiger partial charge in [0.2, 0.25) is 0 Å². The second-order valence-electron chi connectivity index (χ2n) is 4.41. The lowest BCUT2D eigenvalue weighted by molar-refractivity contribution is -0.143. The van der Waals surface area contributed by atoms with Crippen LogP contribution < -0.4 is 5.32 Å². The van der Waals surface area contributed by atoms with E-state index < -0.39 is 0 Å². The summed E-state index contributed by atoms with van der Waals surface area (Å²) in [6.07, 6.45) is 0. The Morgan fingerprint density at radius 1 is 1.22 bits per heavy atom. The molecule has 0 aromatic heterocycles. The van der Waals surface area contributed by atoms with Crippen molar-refractivity contribution in [2.75, 3.05) is 31.7 Å². The number of hydrogen-bond donors (Lipinski definition) is 1. The predicted molar refractivity (Wildman–Crippen MR) is 71.5 cm³/mol. The minimum atomic E-state index is -0.271. The Hall–Kier alpha value is -1.55. The van der Waals surface area contributed by atoms with Crippen LogP contribution in [0.3, 0.4) is 0 Å². The molecule has 0 radical (unpaired) electrons. The fraction of sp³-hybridized carbons (Fsp3) is 0.500. The number of anilines is 1. The first-order valence-corrected chi connectivity index (χ1v) is 6.21. The molecule has 1 aromatic rings. The lowest BCUT2D eigenvalue weighted by Gasteiger charge is -2.08. The predicted octanol–water partition coefficient (Wildman–Crippen LogP) is 2.31. The highest BCUT2D eigenvalue weighted by Crippen LogP contribution is 2.03. The van der Waals surface area contributed by atoms with Gasteiger partial charge in [0, 0.05) is 12.3 Å². The van der Waals surface area contributed by atoms with E-state index in [2.05, 4.69) is 19.2 Å². The average molecular weight is 251 g/mol. The van der Waals surface area contributed by atoms with Crippen LogP contribution in [0.1, 0.15) is 13.8 Å². The van der Waals surface area contributed by atoms with Crippen LogP contribution in [0.15, 0.2) is 30.3 Å². The van der Waals surface area contributed by atoms with Crippen molar-refractivity contribution in [3.05, 3.63) is 30.3 Å². The molecule has 0 saturated heterocycles. The lowest BCUT2D eigenvalue weighted by atomic mass is 10.2. The summed E-state index contributed by atoms with van der Waals surface area (Å²) >= 11 is 0. The maximum Gasteiger partial charge on any atom is 0.325 e. The zero-order chi connectivity index (χ0) is 13.2. The number of rotatable bonds is 8. The van der Waals surface area contributed by atoms with Crippen molar-refractivity contribution in [2.45, 2.75) is 13.8 Å². The topological polar surface area (TPSA) is 47.6 Å². The zero-order valence-corrected chi connectivity index (χ0v) is 11.0. The van der Waals surface area contributed by atoms with Crippen LogP contribution in [0, 0.1) is 5.92 Å². The van der Waals surface area contributed by atoms with E-state index in [4.69, 9.17) is 9.47 Å². The molecule has 0 aliphatic carbocycles. The molecule has 0 fully saturated rings. The van der Waals surface area contributed by atoms with Crippen LogP contribution in [-0.2, 0) is 14.3 Å². The Kier molecular flexibility index (Phi) is 6.87. The highest BCUT2D eigenvalue weighted by molar-refractivity contribution is 5.74. The quantitative estimate of drug-likeness (QED) is 0.569. The van der Waals surface area contributed by atoms with Gasteiger partial charge in [0.15, 0.2) is 0 Å². The second-order valence-corrected chi connectivity index (χ2v) is 4.41. The summed E-state index contributed by atoms with van der Waals surface area (Å²) in [5.41, 5.74) is 0.908. The van der Waals surface area contributed by atoms with Gasteiger partial charge in [-0.15, -0.1) is 0 Å². The monoisotopic (exact) mass is 251 g/mol. The SMILES string of the molecule is CC(C)COCCOC(=O)CNc1ccccc1. The van der Waals surface area contributed by atoms with E-state index >= 15 is 0 Å². The van der Waals surface area contributed by atoms with E-state index in [0.29, 0.717) is 25.7 Å². The van der Waals surface area contributed by atoms with Gasteiger partial charge >= 0.3 is 5.97 Å². The van der Waals surface area contributed by atoms with Crippen LogP contribution >= 0.6 is 0 Å². The Balaban J connectivity index is 2.04. The number of esters is 1. The molecule has 18 heavy (non-hydrogen) atoms. The van der Waals surface area contributed by atoms with E-state index in [1.165, 1.54) is 0 Å². The third-order valence-corrected chi connectivity index (χ3v) is 2.15. The first kappa shape index (κ1) is 14.5. The Morgan fingerprint density at radius 2 is 1.94 bits per heavy atom. The third-order valence-electron chi connectivity index (χ3n) is 2.15. The number of nitrogens with one attached hydrogen (secondary N) is 1. The van der Waals surface area contributed by atoms with E-state index in [-0.39, 0.29) is 12.5 Å². The van der Waals surface area contributed by atoms with Crippen LogP contribution in [0.4, 0.5) is 5.69 Å². The van der Waals surface area contributed by atoms with Gasteiger partial charge in [-0.3, -0.25) is 4.79 Å². The molecule has 0 unspecified atom stereocenters. The highest BCUT2D eigenvalue weighted by Gasteiger charge is 2.02. The summed E-state index contributed by atoms with van der Waals surface area (Å²) in [7, 11) is 0. The molecule has 100 valence electrons. The second kappa shape index (κ2) is 8.53. The molecule has 0 aliphatic rings. The molecule has 1 rings (SSSR count). The molecule has 4 heteroatoms. The van der Waals surface area contributed by atoms with E-state index in [9.17, 15) is 4.79 Å². The number of para-hydroxylation sites is 1. The molecule has 0 amide bonds. The smallest absolute Gasteiger partial charge is 0.325 e. The number of carbonyl (C=O) groups is 1. The van der Waals surface area contributed by atoms with Gasteiger partial charge in [-0.25, -0.2) is 0 Å². The summed E-state index contributed by atoms with van der Waals surface area (Å²) in [6.45, 7) is 5.79. The van der Waals surface area contributed by atoms with E-state index in [0.717, 1.165) is 5.69 Å². The standard InChI is InChI=1S/C14H21NO3/c1-12(2)11-17-8-9-18-14(16)10-15-13-6-4-3-5-7-13/h3-7,12,15H,8-11H2,1-2H3. The Labute approximate surface area is 108 Å². The van der Waals surface area contributed by atoms with Crippen molar-refractivity contribution in [3.8, 4) is 0 Å². The van der Waals surface area contributed by atoms with Gasteiger partial charge < -0.3 is 14.8 Å². The van der Waals surface area contributed by atoms with Crippen molar-refractivity contribution in [1.29, 1.82) is 0 Å². The van der Waals surface area contributed by atoms with Gasteiger partial charge in [0.05, 0.1) is 6.61 Å². The normalized spacial score (nSPS) is 10.4. The molecule has 0 bridgehead atoms. The Bertz CT molecular complexity index is 338. The highest BCUT2D eigenvalue weighted by atomic mass is 16.6. The van der Waals surface area contributed by atoms with Crippen molar-refractivity contribution in [2.24, 2.45) is 5.92 Å². The fourth-order valence-electron chi connectivity index (χ4n) is 1.31. The third kappa shape index (κ3) is 6.91. The molecule has 4 nitrogen and oxygen atoms in total. The molecular weight excluding hydrogens is 230 g/mol. The van der Waals surface area contributed by atoms with Gasteiger partial charge in [0.1, 0.15) is 13.2 Å². The van der Waals surface area contributed by atoms with Crippen molar-refractivity contribution in [1.82, 2.24) is 0 Å². The van der Waals surface area contributed by atoms with E-state index in [1.807, 2.05) is 30.3 Å². The molecule has 1 aromatic carbocycles. The molecule has 0 heterocycles. The van der Waals surface area contributed by atoms with Crippen LogP contribution in [0.25, 0.3) is 0 Å². The van der Waals surface area contributed by atoms with Gasteiger partial charge in [0.25, 0.3) is 0 Å².